The minimum absolute atomic E-state index is 0.169. The van der Waals surface area contributed by atoms with Crippen LogP contribution in [0.2, 0.25) is 0 Å². The first-order valence-electron chi connectivity index (χ1n) is 9.13. The highest BCUT2D eigenvalue weighted by atomic mass is 32.1. The highest BCUT2D eigenvalue weighted by Gasteiger charge is 2.17. The van der Waals surface area contributed by atoms with E-state index >= 15 is 0 Å². The molecule has 0 aliphatic heterocycles. The van der Waals surface area contributed by atoms with Crippen molar-refractivity contribution in [2.75, 3.05) is 26.0 Å². The van der Waals surface area contributed by atoms with Crippen LogP contribution in [-0.4, -0.2) is 37.7 Å². The predicted molar refractivity (Wildman–Crippen MR) is 107 cm³/mol. The fourth-order valence-electron chi connectivity index (χ4n) is 3.20. The van der Waals surface area contributed by atoms with E-state index in [2.05, 4.69) is 27.0 Å². The number of thiophene rings is 1. The summed E-state index contributed by atoms with van der Waals surface area (Å²) in [5.74, 6) is 0.869. The number of nitrogens with one attached hydrogen (secondary N) is 2. The second kappa shape index (κ2) is 9.05. The maximum Gasteiger partial charge on any atom is 0.319 e. The van der Waals surface area contributed by atoms with Gasteiger partial charge in [0.1, 0.15) is 5.75 Å². The van der Waals surface area contributed by atoms with Crippen molar-refractivity contribution in [3.63, 3.8) is 0 Å². The van der Waals surface area contributed by atoms with Gasteiger partial charge < -0.3 is 20.3 Å². The fourth-order valence-corrected chi connectivity index (χ4v) is 4.12. The molecule has 140 valence electrons. The number of anilines is 1. The Morgan fingerprint density at radius 2 is 1.96 bits per heavy atom. The average molecular weight is 374 g/mol. The molecule has 1 aliphatic carbocycles. The molecule has 2 N–H and O–H groups in total. The van der Waals surface area contributed by atoms with Crippen molar-refractivity contribution in [1.82, 2.24) is 10.2 Å². The number of benzene rings is 1. The lowest BCUT2D eigenvalue weighted by atomic mass is 10.2. The van der Waals surface area contributed by atoms with Crippen molar-refractivity contribution in [3.05, 3.63) is 46.7 Å². The molecular weight excluding hydrogens is 346 g/mol. The number of nitrogens with zero attached hydrogens (tertiary/aromatic N) is 1. The number of likely N-dealkylation sites (N-methyl/N-ethyl adjacent to an activating group) is 1. The van der Waals surface area contributed by atoms with E-state index in [0.717, 1.165) is 24.3 Å². The number of urea groups is 1. The van der Waals surface area contributed by atoms with Crippen LogP contribution in [0.5, 0.6) is 5.75 Å². The summed E-state index contributed by atoms with van der Waals surface area (Å²) in [6.07, 6.45) is 5.13. The van der Waals surface area contributed by atoms with Gasteiger partial charge in [-0.3, -0.25) is 0 Å². The second-order valence-electron chi connectivity index (χ2n) is 6.88. The first-order chi connectivity index (χ1) is 12.6. The third kappa shape index (κ3) is 5.22. The molecule has 26 heavy (non-hydrogen) atoms. The summed E-state index contributed by atoms with van der Waals surface area (Å²) in [5, 5.41) is 7.90. The van der Waals surface area contributed by atoms with Gasteiger partial charge in [0, 0.05) is 17.1 Å². The maximum absolute atomic E-state index is 12.2. The number of hydrogen-bond donors (Lipinski definition) is 2. The molecule has 1 aliphatic rings. The molecule has 1 saturated carbocycles. The molecule has 0 bridgehead atoms. The van der Waals surface area contributed by atoms with Crippen LogP contribution in [0.3, 0.4) is 0 Å². The number of carbonyl (C=O) groups excluding carboxylic acids is 1. The van der Waals surface area contributed by atoms with E-state index in [1.807, 2.05) is 44.4 Å². The van der Waals surface area contributed by atoms with Crippen LogP contribution in [0.25, 0.3) is 0 Å². The zero-order valence-corrected chi connectivity index (χ0v) is 16.2. The molecule has 1 heterocycles. The molecule has 3 rings (SSSR count). The van der Waals surface area contributed by atoms with Gasteiger partial charge in [0.2, 0.25) is 0 Å². The summed E-state index contributed by atoms with van der Waals surface area (Å²) < 4.78 is 5.95. The minimum Gasteiger partial charge on any atom is -0.490 e. The van der Waals surface area contributed by atoms with E-state index in [1.54, 1.807) is 11.3 Å². The zero-order chi connectivity index (χ0) is 18.4. The third-order valence-electron chi connectivity index (χ3n) is 4.67. The summed E-state index contributed by atoms with van der Waals surface area (Å²) in [5.41, 5.74) is 0.763. The van der Waals surface area contributed by atoms with E-state index < -0.39 is 0 Å². The van der Waals surface area contributed by atoms with Crippen LogP contribution in [0.15, 0.2) is 41.8 Å². The minimum atomic E-state index is -0.196. The summed E-state index contributed by atoms with van der Waals surface area (Å²) in [4.78, 5) is 15.6. The Labute approximate surface area is 159 Å². The molecule has 1 aromatic heterocycles. The standard InChI is InChI=1S/C20H27N3O2S/c1-23(2)18(19-8-5-13-26-19)14-21-20(24)22-15-9-11-17(12-10-15)25-16-6-3-4-7-16/h5,8-13,16,18H,3-4,6-7,14H2,1-2H3,(H2,21,22,24)/t18-/m0/s1. The lowest BCUT2D eigenvalue weighted by Crippen LogP contribution is -2.36. The Hall–Kier alpha value is -2.05. The SMILES string of the molecule is CN(C)[C@@H](CNC(=O)Nc1ccc(OC2CCCC2)cc1)c1cccs1. The lowest BCUT2D eigenvalue weighted by Gasteiger charge is -2.23. The van der Waals surface area contributed by atoms with Gasteiger partial charge in [0.25, 0.3) is 0 Å². The molecule has 1 atom stereocenters. The van der Waals surface area contributed by atoms with E-state index in [0.29, 0.717) is 12.6 Å². The predicted octanol–water partition coefficient (Wildman–Crippen LogP) is 4.49. The summed E-state index contributed by atoms with van der Waals surface area (Å²) in [6.45, 7) is 0.558. The molecule has 0 spiro atoms. The molecular formula is C20H27N3O2S. The molecule has 1 aromatic carbocycles. The smallest absolute Gasteiger partial charge is 0.319 e. The van der Waals surface area contributed by atoms with Crippen LogP contribution in [-0.2, 0) is 0 Å². The number of ether oxygens (including phenoxy) is 1. The second-order valence-corrected chi connectivity index (χ2v) is 7.86. The number of amides is 2. The van der Waals surface area contributed by atoms with Crippen LogP contribution < -0.4 is 15.4 Å². The summed E-state index contributed by atoms with van der Waals surface area (Å²) in [7, 11) is 4.04. The molecule has 2 aromatic rings. The van der Waals surface area contributed by atoms with Gasteiger partial charge in [-0.1, -0.05) is 6.07 Å². The fraction of sp³-hybridized carbons (Fsp3) is 0.450. The highest BCUT2D eigenvalue weighted by Crippen LogP contribution is 2.25. The van der Waals surface area contributed by atoms with E-state index in [-0.39, 0.29) is 12.1 Å². The highest BCUT2D eigenvalue weighted by molar-refractivity contribution is 7.10. The maximum atomic E-state index is 12.2. The number of carbonyl (C=O) groups is 1. The first kappa shape index (κ1) is 18.7. The largest absolute Gasteiger partial charge is 0.490 e. The van der Waals surface area contributed by atoms with E-state index in [1.165, 1.54) is 17.7 Å². The van der Waals surface area contributed by atoms with Crippen molar-refractivity contribution < 1.29 is 9.53 Å². The van der Waals surface area contributed by atoms with Crippen LogP contribution in [0.1, 0.15) is 36.6 Å². The molecule has 6 heteroatoms. The van der Waals surface area contributed by atoms with Crippen molar-refractivity contribution in [2.45, 2.75) is 37.8 Å². The monoisotopic (exact) mass is 373 g/mol. The van der Waals surface area contributed by atoms with Crippen molar-refractivity contribution in [1.29, 1.82) is 0 Å². The van der Waals surface area contributed by atoms with Crippen LogP contribution in [0.4, 0.5) is 10.5 Å². The average Bonchev–Trinajstić information content (AvgIpc) is 3.30. The molecule has 0 radical (unpaired) electrons. The van der Waals surface area contributed by atoms with Crippen molar-refractivity contribution >= 4 is 23.1 Å². The Morgan fingerprint density at radius 3 is 2.58 bits per heavy atom. The summed E-state index contributed by atoms with van der Waals surface area (Å²) >= 11 is 1.70. The molecule has 5 nitrogen and oxygen atoms in total. The molecule has 2 amide bonds. The van der Waals surface area contributed by atoms with Gasteiger partial charge in [-0.2, -0.15) is 0 Å². The van der Waals surface area contributed by atoms with Gasteiger partial charge in [-0.15, -0.1) is 11.3 Å². The van der Waals surface area contributed by atoms with E-state index in [9.17, 15) is 4.79 Å². The van der Waals surface area contributed by atoms with Gasteiger partial charge in [0.05, 0.1) is 12.1 Å². The van der Waals surface area contributed by atoms with Gasteiger partial charge in [-0.25, -0.2) is 4.79 Å². The third-order valence-corrected chi connectivity index (χ3v) is 5.64. The Bertz CT molecular complexity index is 680. The Morgan fingerprint density at radius 1 is 1.23 bits per heavy atom. The Kier molecular flexibility index (Phi) is 6.52. The lowest BCUT2D eigenvalue weighted by molar-refractivity contribution is 0.210. The number of hydrogen-bond acceptors (Lipinski definition) is 4. The zero-order valence-electron chi connectivity index (χ0n) is 15.4. The molecule has 0 unspecified atom stereocenters. The van der Waals surface area contributed by atoms with Crippen LogP contribution >= 0.6 is 11.3 Å². The Balaban J connectivity index is 1.48. The first-order valence-corrected chi connectivity index (χ1v) is 10.0. The van der Waals surface area contributed by atoms with Crippen molar-refractivity contribution in [2.24, 2.45) is 0 Å². The van der Waals surface area contributed by atoms with E-state index in [4.69, 9.17) is 4.74 Å². The van der Waals surface area contributed by atoms with Crippen LogP contribution in [0, 0.1) is 0 Å². The molecule has 0 saturated heterocycles. The van der Waals surface area contributed by atoms with Gasteiger partial charge in [0.15, 0.2) is 0 Å². The summed E-state index contributed by atoms with van der Waals surface area (Å²) in [6, 6.07) is 11.7. The number of rotatable bonds is 7. The normalized spacial score (nSPS) is 15.8. The molecule has 1 fully saturated rings. The van der Waals surface area contributed by atoms with Crippen molar-refractivity contribution in [3.8, 4) is 5.75 Å². The van der Waals surface area contributed by atoms with Gasteiger partial charge >= 0.3 is 6.03 Å². The topological polar surface area (TPSA) is 53.6 Å². The van der Waals surface area contributed by atoms with Gasteiger partial charge in [-0.05, 0) is 75.5 Å². The quantitative estimate of drug-likeness (QED) is 0.752.